The van der Waals surface area contributed by atoms with E-state index in [1.165, 1.54) is 0 Å². The summed E-state index contributed by atoms with van der Waals surface area (Å²) in [4.78, 5) is 1.66. The van der Waals surface area contributed by atoms with Crippen LogP contribution in [0.25, 0.3) is 0 Å². The van der Waals surface area contributed by atoms with Gasteiger partial charge in [-0.15, -0.1) is 6.58 Å². The molecule has 0 N–H and O–H groups in total. The monoisotopic (exact) mass is 124 g/mol. The van der Waals surface area contributed by atoms with Gasteiger partial charge < -0.3 is 4.90 Å². The van der Waals surface area contributed by atoms with Crippen molar-refractivity contribution in [3.8, 4) is 6.19 Å². The molecule has 0 radical (unpaired) electrons. The second-order valence-corrected chi connectivity index (χ2v) is 2.13. The number of hydrogen-bond donors (Lipinski definition) is 0. The topological polar surface area (TPSA) is 27.0 Å². The first-order chi connectivity index (χ1) is 4.22. The van der Waals surface area contributed by atoms with E-state index in [9.17, 15) is 0 Å². The van der Waals surface area contributed by atoms with Crippen LogP contribution in [0.5, 0.6) is 0 Å². The van der Waals surface area contributed by atoms with Crippen molar-refractivity contribution in [3.05, 3.63) is 12.7 Å². The van der Waals surface area contributed by atoms with Crippen molar-refractivity contribution in [1.82, 2.24) is 4.90 Å². The van der Waals surface area contributed by atoms with E-state index in [0.29, 0.717) is 6.54 Å². The minimum absolute atomic E-state index is 0.285. The van der Waals surface area contributed by atoms with Gasteiger partial charge in [-0.25, -0.2) is 0 Å². The molecule has 0 unspecified atom stereocenters. The summed E-state index contributed by atoms with van der Waals surface area (Å²) >= 11 is 0. The number of hydrogen-bond acceptors (Lipinski definition) is 2. The van der Waals surface area contributed by atoms with Crippen molar-refractivity contribution >= 4 is 0 Å². The summed E-state index contributed by atoms with van der Waals surface area (Å²) in [6.07, 6.45) is 3.79. The van der Waals surface area contributed by atoms with Gasteiger partial charge in [-0.3, -0.25) is 0 Å². The molecular formula is C7H12N2. The SMILES string of the molecule is C=CCN(C#N)C(C)C. The number of nitrogens with zero attached hydrogens (tertiary/aromatic N) is 2. The molecule has 0 fully saturated rings. The average Bonchev–Trinajstić information content (AvgIpc) is 1.82. The Kier molecular flexibility index (Phi) is 3.54. The summed E-state index contributed by atoms with van der Waals surface area (Å²) < 4.78 is 0. The molecule has 2 heteroatoms. The fourth-order valence-corrected chi connectivity index (χ4v) is 0.506. The van der Waals surface area contributed by atoms with Gasteiger partial charge in [0.25, 0.3) is 0 Å². The van der Waals surface area contributed by atoms with Crippen molar-refractivity contribution in [2.75, 3.05) is 6.54 Å². The predicted octanol–water partition coefficient (Wildman–Crippen LogP) is 1.36. The molecule has 0 bridgehead atoms. The molecule has 0 amide bonds. The van der Waals surface area contributed by atoms with Gasteiger partial charge in [0.2, 0.25) is 0 Å². The lowest BCUT2D eigenvalue weighted by Gasteiger charge is -2.16. The molecule has 0 aromatic heterocycles. The van der Waals surface area contributed by atoms with Crippen LogP contribution in [0.4, 0.5) is 0 Å². The van der Waals surface area contributed by atoms with E-state index < -0.39 is 0 Å². The van der Waals surface area contributed by atoms with E-state index in [4.69, 9.17) is 5.26 Å². The molecule has 9 heavy (non-hydrogen) atoms. The summed E-state index contributed by atoms with van der Waals surface area (Å²) in [5.41, 5.74) is 0. The van der Waals surface area contributed by atoms with Gasteiger partial charge in [-0.2, -0.15) is 5.26 Å². The summed E-state index contributed by atoms with van der Waals surface area (Å²) in [5.74, 6) is 0. The molecule has 0 saturated heterocycles. The maximum absolute atomic E-state index is 8.46. The largest absolute Gasteiger partial charge is 0.304 e. The highest BCUT2D eigenvalue weighted by molar-refractivity contribution is 4.84. The summed E-state index contributed by atoms with van der Waals surface area (Å²) in [6, 6.07) is 0.285. The molecule has 0 rings (SSSR count). The molecule has 0 heterocycles. The molecule has 0 aromatic carbocycles. The van der Waals surface area contributed by atoms with E-state index in [2.05, 4.69) is 12.8 Å². The first kappa shape index (κ1) is 8.03. The van der Waals surface area contributed by atoms with E-state index in [-0.39, 0.29) is 6.04 Å². The summed E-state index contributed by atoms with van der Waals surface area (Å²) in [5, 5.41) is 8.46. The number of rotatable bonds is 3. The quantitative estimate of drug-likeness (QED) is 0.323. The zero-order valence-electron chi connectivity index (χ0n) is 5.96. The highest BCUT2D eigenvalue weighted by Crippen LogP contribution is 1.93. The van der Waals surface area contributed by atoms with E-state index in [1.54, 1.807) is 11.0 Å². The standard InChI is InChI=1S/C7H12N2/c1-4-5-9(6-8)7(2)3/h4,7H,1,5H2,2-3H3. The van der Waals surface area contributed by atoms with Crippen molar-refractivity contribution in [3.63, 3.8) is 0 Å². The van der Waals surface area contributed by atoms with Crippen LogP contribution in [-0.4, -0.2) is 17.5 Å². The second kappa shape index (κ2) is 3.96. The fourth-order valence-electron chi connectivity index (χ4n) is 0.506. The van der Waals surface area contributed by atoms with Gasteiger partial charge in [0.1, 0.15) is 0 Å². The van der Waals surface area contributed by atoms with Crippen LogP contribution in [0, 0.1) is 11.5 Å². The zero-order chi connectivity index (χ0) is 7.28. The molecule has 2 nitrogen and oxygen atoms in total. The number of nitriles is 1. The van der Waals surface area contributed by atoms with Gasteiger partial charge in [0.15, 0.2) is 6.19 Å². The minimum Gasteiger partial charge on any atom is -0.304 e. The second-order valence-electron chi connectivity index (χ2n) is 2.13. The van der Waals surface area contributed by atoms with Crippen molar-refractivity contribution in [2.45, 2.75) is 19.9 Å². The van der Waals surface area contributed by atoms with Gasteiger partial charge >= 0.3 is 0 Å². The molecule has 0 aliphatic heterocycles. The summed E-state index contributed by atoms with van der Waals surface area (Å²) in [7, 11) is 0. The Balaban J connectivity index is 3.71. The van der Waals surface area contributed by atoms with Crippen LogP contribution in [0.2, 0.25) is 0 Å². The summed E-state index contributed by atoms with van der Waals surface area (Å²) in [6.45, 7) is 8.14. The Morgan fingerprint density at radius 2 is 2.33 bits per heavy atom. The first-order valence-corrected chi connectivity index (χ1v) is 2.99. The third kappa shape index (κ3) is 2.76. The van der Waals surface area contributed by atoms with Crippen molar-refractivity contribution < 1.29 is 0 Å². The van der Waals surface area contributed by atoms with Gasteiger partial charge in [0, 0.05) is 12.6 Å². The third-order valence-corrected chi connectivity index (χ3v) is 1.08. The lowest BCUT2D eigenvalue weighted by Crippen LogP contribution is -2.25. The fraction of sp³-hybridized carbons (Fsp3) is 0.571. The lowest BCUT2D eigenvalue weighted by atomic mass is 10.3. The molecule has 0 spiro atoms. The van der Waals surface area contributed by atoms with Crippen LogP contribution in [0.15, 0.2) is 12.7 Å². The highest BCUT2D eigenvalue weighted by Gasteiger charge is 2.01. The maximum Gasteiger partial charge on any atom is 0.179 e. The normalized spacial score (nSPS) is 8.67. The van der Waals surface area contributed by atoms with Crippen LogP contribution in [-0.2, 0) is 0 Å². The molecule has 0 atom stereocenters. The van der Waals surface area contributed by atoms with Crippen LogP contribution in [0.1, 0.15) is 13.8 Å². The van der Waals surface area contributed by atoms with Crippen LogP contribution in [0.3, 0.4) is 0 Å². The Morgan fingerprint density at radius 3 is 2.44 bits per heavy atom. The molecule has 50 valence electrons. The van der Waals surface area contributed by atoms with Crippen molar-refractivity contribution in [1.29, 1.82) is 5.26 Å². The van der Waals surface area contributed by atoms with Gasteiger partial charge in [0.05, 0.1) is 0 Å². The van der Waals surface area contributed by atoms with Crippen LogP contribution >= 0.6 is 0 Å². The smallest absolute Gasteiger partial charge is 0.179 e. The molecule has 0 aliphatic carbocycles. The van der Waals surface area contributed by atoms with E-state index >= 15 is 0 Å². The van der Waals surface area contributed by atoms with E-state index in [0.717, 1.165) is 0 Å². The van der Waals surface area contributed by atoms with Crippen molar-refractivity contribution in [2.24, 2.45) is 0 Å². The Bertz CT molecular complexity index is 121. The van der Waals surface area contributed by atoms with Gasteiger partial charge in [-0.05, 0) is 13.8 Å². The molecular weight excluding hydrogens is 112 g/mol. The highest BCUT2D eigenvalue weighted by atomic mass is 15.1. The Morgan fingerprint density at radius 1 is 1.78 bits per heavy atom. The Labute approximate surface area is 56.4 Å². The molecule has 0 aliphatic rings. The maximum atomic E-state index is 8.46. The Hall–Kier alpha value is -0.970. The zero-order valence-corrected chi connectivity index (χ0v) is 5.96. The lowest BCUT2D eigenvalue weighted by molar-refractivity contribution is 0.358. The van der Waals surface area contributed by atoms with Crippen LogP contribution < -0.4 is 0 Å². The minimum atomic E-state index is 0.285. The molecule has 0 aromatic rings. The first-order valence-electron chi connectivity index (χ1n) is 2.99. The third-order valence-electron chi connectivity index (χ3n) is 1.08. The van der Waals surface area contributed by atoms with E-state index in [1.807, 2.05) is 13.8 Å². The average molecular weight is 124 g/mol. The predicted molar refractivity (Wildman–Crippen MR) is 37.7 cm³/mol. The molecule has 0 saturated carbocycles. The van der Waals surface area contributed by atoms with Gasteiger partial charge in [-0.1, -0.05) is 6.08 Å².